The lowest BCUT2D eigenvalue weighted by molar-refractivity contribution is 0.182. The molecule has 0 aliphatic heterocycles. The van der Waals surface area contributed by atoms with Gasteiger partial charge in [-0.05, 0) is 18.6 Å². The van der Waals surface area contributed by atoms with Crippen molar-refractivity contribution in [2.45, 2.75) is 25.8 Å². The first kappa shape index (κ1) is 12.5. The normalized spacial score (nSPS) is 11.8. The van der Waals surface area contributed by atoms with Crippen molar-refractivity contribution in [2.75, 3.05) is 19.0 Å². The van der Waals surface area contributed by atoms with E-state index in [1.807, 2.05) is 24.3 Å². The molecule has 3 heteroatoms. The number of nitrogens with zero attached hydrogens (tertiary/aromatic N) is 1. The van der Waals surface area contributed by atoms with Crippen molar-refractivity contribution in [1.29, 1.82) is 5.26 Å². The van der Waals surface area contributed by atoms with Crippen LogP contribution in [0.2, 0.25) is 0 Å². The summed E-state index contributed by atoms with van der Waals surface area (Å²) in [6.45, 7) is 2.80. The molecule has 86 valence electrons. The predicted octanol–water partition coefficient (Wildman–Crippen LogP) is 2.79. The molecular weight excluding hydrogens is 200 g/mol. The summed E-state index contributed by atoms with van der Waals surface area (Å²) >= 11 is 0. The number of anilines is 1. The molecule has 1 atom stereocenters. The summed E-state index contributed by atoms with van der Waals surface area (Å²) in [7, 11) is 1.69. The molecule has 0 heterocycles. The van der Waals surface area contributed by atoms with E-state index >= 15 is 0 Å². The SMILES string of the molecule is CCCC(COC)Nc1ccccc1C#N. The highest BCUT2D eigenvalue weighted by atomic mass is 16.5. The molecule has 3 nitrogen and oxygen atoms in total. The van der Waals surface area contributed by atoms with Crippen LogP contribution in [-0.4, -0.2) is 19.8 Å². The summed E-state index contributed by atoms with van der Waals surface area (Å²) in [4.78, 5) is 0. The van der Waals surface area contributed by atoms with Crippen LogP contribution in [0.4, 0.5) is 5.69 Å². The third-order valence-electron chi connectivity index (χ3n) is 2.41. The van der Waals surface area contributed by atoms with Crippen molar-refractivity contribution in [3.05, 3.63) is 29.8 Å². The molecule has 0 fully saturated rings. The fourth-order valence-electron chi connectivity index (χ4n) is 1.67. The van der Waals surface area contributed by atoms with Gasteiger partial charge in [-0.2, -0.15) is 5.26 Å². The second kappa shape index (κ2) is 6.86. The zero-order valence-electron chi connectivity index (χ0n) is 9.86. The number of nitriles is 1. The average molecular weight is 218 g/mol. The van der Waals surface area contributed by atoms with Crippen molar-refractivity contribution < 1.29 is 4.74 Å². The Morgan fingerprint density at radius 2 is 2.19 bits per heavy atom. The number of rotatable bonds is 6. The lowest BCUT2D eigenvalue weighted by Crippen LogP contribution is -2.25. The third-order valence-corrected chi connectivity index (χ3v) is 2.41. The highest BCUT2D eigenvalue weighted by Gasteiger charge is 2.09. The van der Waals surface area contributed by atoms with E-state index in [0.29, 0.717) is 12.2 Å². The third kappa shape index (κ3) is 3.56. The molecule has 0 aliphatic carbocycles. The van der Waals surface area contributed by atoms with Gasteiger partial charge in [-0.3, -0.25) is 0 Å². The second-order valence-corrected chi connectivity index (χ2v) is 3.74. The highest BCUT2D eigenvalue weighted by molar-refractivity contribution is 5.57. The average Bonchev–Trinajstić information content (AvgIpc) is 2.30. The van der Waals surface area contributed by atoms with Crippen LogP contribution in [0, 0.1) is 11.3 Å². The van der Waals surface area contributed by atoms with Gasteiger partial charge in [0.1, 0.15) is 6.07 Å². The Kier molecular flexibility index (Phi) is 5.38. The Morgan fingerprint density at radius 1 is 1.44 bits per heavy atom. The van der Waals surface area contributed by atoms with E-state index in [4.69, 9.17) is 10.00 Å². The first-order chi connectivity index (χ1) is 7.81. The van der Waals surface area contributed by atoms with E-state index in [9.17, 15) is 0 Å². The Bertz CT molecular complexity index is 351. The lowest BCUT2D eigenvalue weighted by atomic mass is 10.1. The maximum atomic E-state index is 8.97. The van der Waals surface area contributed by atoms with Crippen molar-refractivity contribution >= 4 is 5.69 Å². The van der Waals surface area contributed by atoms with Crippen LogP contribution >= 0.6 is 0 Å². The topological polar surface area (TPSA) is 45.0 Å². The number of methoxy groups -OCH3 is 1. The lowest BCUT2D eigenvalue weighted by Gasteiger charge is -2.19. The molecule has 16 heavy (non-hydrogen) atoms. The number of hydrogen-bond acceptors (Lipinski definition) is 3. The predicted molar refractivity (Wildman–Crippen MR) is 65.4 cm³/mol. The first-order valence-electron chi connectivity index (χ1n) is 5.56. The Hall–Kier alpha value is -1.53. The summed E-state index contributed by atoms with van der Waals surface area (Å²) in [5.41, 5.74) is 1.57. The van der Waals surface area contributed by atoms with Crippen LogP contribution in [0.1, 0.15) is 25.3 Å². The fourth-order valence-corrected chi connectivity index (χ4v) is 1.67. The van der Waals surface area contributed by atoms with Crippen LogP contribution in [0.25, 0.3) is 0 Å². The fraction of sp³-hybridized carbons (Fsp3) is 0.462. The van der Waals surface area contributed by atoms with Crippen molar-refractivity contribution in [2.24, 2.45) is 0 Å². The molecule has 1 aromatic carbocycles. The summed E-state index contributed by atoms with van der Waals surface area (Å²) in [6.07, 6.45) is 2.13. The van der Waals surface area contributed by atoms with E-state index in [-0.39, 0.29) is 6.04 Å². The maximum Gasteiger partial charge on any atom is 0.101 e. The second-order valence-electron chi connectivity index (χ2n) is 3.74. The van der Waals surface area contributed by atoms with E-state index in [1.165, 1.54) is 0 Å². The Labute approximate surface area is 97.0 Å². The maximum absolute atomic E-state index is 8.97. The van der Waals surface area contributed by atoms with E-state index in [2.05, 4.69) is 18.3 Å². The number of para-hydroxylation sites is 1. The molecule has 0 saturated heterocycles. The molecule has 0 aliphatic rings. The number of ether oxygens (including phenoxy) is 1. The largest absolute Gasteiger partial charge is 0.383 e. The number of benzene rings is 1. The molecule has 1 aromatic rings. The van der Waals surface area contributed by atoms with Gasteiger partial charge in [-0.25, -0.2) is 0 Å². The molecule has 0 spiro atoms. The van der Waals surface area contributed by atoms with E-state index in [1.54, 1.807) is 7.11 Å². The molecule has 1 rings (SSSR count). The molecule has 0 aromatic heterocycles. The monoisotopic (exact) mass is 218 g/mol. The minimum absolute atomic E-state index is 0.268. The molecule has 1 N–H and O–H groups in total. The molecule has 0 saturated carbocycles. The van der Waals surface area contributed by atoms with Crippen molar-refractivity contribution in [1.82, 2.24) is 0 Å². The summed E-state index contributed by atoms with van der Waals surface area (Å²) in [5.74, 6) is 0. The van der Waals surface area contributed by atoms with Crippen LogP contribution in [0.3, 0.4) is 0 Å². The van der Waals surface area contributed by atoms with E-state index < -0.39 is 0 Å². The van der Waals surface area contributed by atoms with Gasteiger partial charge in [0.05, 0.1) is 17.9 Å². The zero-order chi connectivity index (χ0) is 11.8. The summed E-state index contributed by atoms with van der Waals surface area (Å²) in [5, 5.41) is 12.3. The molecule has 1 unspecified atom stereocenters. The number of hydrogen-bond donors (Lipinski definition) is 1. The quantitative estimate of drug-likeness (QED) is 0.798. The van der Waals surface area contributed by atoms with Gasteiger partial charge < -0.3 is 10.1 Å². The van der Waals surface area contributed by atoms with Crippen LogP contribution in [0.5, 0.6) is 0 Å². The Balaban J connectivity index is 2.72. The van der Waals surface area contributed by atoms with Gasteiger partial charge in [-0.1, -0.05) is 25.5 Å². The van der Waals surface area contributed by atoms with Crippen LogP contribution in [0.15, 0.2) is 24.3 Å². The Morgan fingerprint density at radius 3 is 2.81 bits per heavy atom. The smallest absolute Gasteiger partial charge is 0.101 e. The minimum atomic E-state index is 0.268. The van der Waals surface area contributed by atoms with Crippen LogP contribution in [-0.2, 0) is 4.74 Å². The van der Waals surface area contributed by atoms with E-state index in [0.717, 1.165) is 18.5 Å². The first-order valence-corrected chi connectivity index (χ1v) is 5.56. The van der Waals surface area contributed by atoms with Gasteiger partial charge >= 0.3 is 0 Å². The highest BCUT2D eigenvalue weighted by Crippen LogP contribution is 2.16. The van der Waals surface area contributed by atoms with Crippen molar-refractivity contribution in [3.63, 3.8) is 0 Å². The summed E-state index contributed by atoms with van der Waals surface area (Å²) in [6, 6.07) is 9.99. The standard InChI is InChI=1S/C13H18N2O/c1-3-6-12(10-16-2)15-13-8-5-4-7-11(13)9-14/h4-5,7-8,12,15H,3,6,10H2,1-2H3. The molecular formula is C13H18N2O. The zero-order valence-corrected chi connectivity index (χ0v) is 9.86. The van der Waals surface area contributed by atoms with Gasteiger partial charge in [0.15, 0.2) is 0 Å². The molecule has 0 amide bonds. The summed E-state index contributed by atoms with van der Waals surface area (Å²) < 4.78 is 5.16. The number of nitrogens with one attached hydrogen (secondary N) is 1. The van der Waals surface area contributed by atoms with Crippen molar-refractivity contribution in [3.8, 4) is 6.07 Å². The van der Waals surface area contributed by atoms with Gasteiger partial charge in [-0.15, -0.1) is 0 Å². The van der Waals surface area contributed by atoms with Gasteiger partial charge in [0, 0.05) is 13.2 Å². The molecule has 0 bridgehead atoms. The van der Waals surface area contributed by atoms with Crippen LogP contribution < -0.4 is 5.32 Å². The van der Waals surface area contributed by atoms with Gasteiger partial charge in [0.25, 0.3) is 0 Å². The van der Waals surface area contributed by atoms with Gasteiger partial charge in [0.2, 0.25) is 0 Å². The molecule has 0 radical (unpaired) electrons. The minimum Gasteiger partial charge on any atom is -0.383 e.